The normalized spacial score (nSPS) is 21.6. The zero-order valence-corrected chi connectivity index (χ0v) is 17.5. The molecule has 2 aliphatic rings. The summed E-state index contributed by atoms with van der Waals surface area (Å²) in [6.07, 6.45) is 1.49. The maximum Gasteiger partial charge on any atom is 0.295 e. The molecule has 1 aromatic heterocycles. The first-order chi connectivity index (χ1) is 15.1. The Morgan fingerprint density at radius 2 is 1.97 bits per heavy atom. The molecule has 1 amide bonds. The lowest BCUT2D eigenvalue weighted by Crippen LogP contribution is -2.42. The summed E-state index contributed by atoms with van der Waals surface area (Å²) in [5, 5.41) is 11.1. The van der Waals surface area contributed by atoms with Crippen LogP contribution in [0.1, 0.15) is 24.3 Å². The Morgan fingerprint density at radius 3 is 2.68 bits per heavy atom. The number of carbonyl (C=O) groups excluding carboxylic acids is 2. The summed E-state index contributed by atoms with van der Waals surface area (Å²) in [7, 11) is 0. The molecule has 0 radical (unpaired) electrons. The Bertz CT molecular complexity index is 962. The fourth-order valence-electron chi connectivity index (χ4n) is 3.98. The zero-order valence-electron chi connectivity index (χ0n) is 17.5. The first-order valence-electron chi connectivity index (χ1n) is 10.4. The number of ketones is 1. The minimum absolute atomic E-state index is 0.0237. The monoisotopic (exact) mass is 426 g/mol. The molecule has 1 aromatic carbocycles. The van der Waals surface area contributed by atoms with Gasteiger partial charge >= 0.3 is 0 Å². The molecular formula is C23H26N2O6. The number of benzene rings is 1. The number of ether oxygens (including phenoxy) is 2. The lowest BCUT2D eigenvalue weighted by molar-refractivity contribution is -0.140. The third-order valence-corrected chi connectivity index (χ3v) is 5.53. The summed E-state index contributed by atoms with van der Waals surface area (Å²) in [5.41, 5.74) is 0.435. The number of likely N-dealkylation sites (tertiary alicyclic amines) is 1. The maximum atomic E-state index is 13.0. The van der Waals surface area contributed by atoms with Crippen LogP contribution in [-0.4, -0.2) is 72.6 Å². The van der Waals surface area contributed by atoms with Crippen molar-refractivity contribution in [2.24, 2.45) is 0 Å². The summed E-state index contributed by atoms with van der Waals surface area (Å²) >= 11 is 0. The van der Waals surface area contributed by atoms with Crippen molar-refractivity contribution in [2.45, 2.75) is 13.0 Å². The smallest absolute Gasteiger partial charge is 0.295 e. The molecule has 2 fully saturated rings. The van der Waals surface area contributed by atoms with Gasteiger partial charge in [-0.3, -0.25) is 14.5 Å². The SMILES string of the molecule is CCOc1cccc(/C(O)=C2\C(=O)C(=O)N(CCN3CCOCC3)C2c2ccco2)c1. The molecule has 0 saturated carbocycles. The van der Waals surface area contributed by atoms with Crippen molar-refractivity contribution in [3.05, 3.63) is 59.6 Å². The van der Waals surface area contributed by atoms with E-state index >= 15 is 0 Å². The van der Waals surface area contributed by atoms with Gasteiger partial charge in [0.1, 0.15) is 23.3 Å². The van der Waals surface area contributed by atoms with Crippen molar-refractivity contribution in [3.8, 4) is 5.75 Å². The Hall–Kier alpha value is -3.10. The van der Waals surface area contributed by atoms with Gasteiger partial charge in [-0.1, -0.05) is 12.1 Å². The summed E-state index contributed by atoms with van der Waals surface area (Å²) in [5.74, 6) is -0.596. The number of hydrogen-bond acceptors (Lipinski definition) is 7. The minimum atomic E-state index is -0.785. The molecule has 2 aliphatic heterocycles. The van der Waals surface area contributed by atoms with Gasteiger partial charge in [-0.25, -0.2) is 0 Å². The fraction of sp³-hybridized carbons (Fsp3) is 0.391. The third-order valence-electron chi connectivity index (χ3n) is 5.53. The number of rotatable bonds is 7. The van der Waals surface area contributed by atoms with Gasteiger partial charge < -0.3 is 23.9 Å². The van der Waals surface area contributed by atoms with Crippen LogP contribution in [0, 0.1) is 0 Å². The lowest BCUT2D eigenvalue weighted by Gasteiger charge is -2.30. The van der Waals surface area contributed by atoms with Gasteiger partial charge in [0, 0.05) is 31.7 Å². The van der Waals surface area contributed by atoms with Crippen LogP contribution in [0.4, 0.5) is 0 Å². The fourth-order valence-corrected chi connectivity index (χ4v) is 3.98. The molecule has 3 heterocycles. The Balaban J connectivity index is 1.68. The van der Waals surface area contributed by atoms with Crippen LogP contribution in [0.5, 0.6) is 5.75 Å². The first kappa shape index (κ1) is 21.1. The second-order valence-corrected chi connectivity index (χ2v) is 7.42. The molecule has 2 saturated heterocycles. The highest BCUT2D eigenvalue weighted by Crippen LogP contribution is 2.39. The highest BCUT2D eigenvalue weighted by Gasteiger charge is 2.47. The maximum absolute atomic E-state index is 13.0. The molecule has 8 nitrogen and oxygen atoms in total. The highest BCUT2D eigenvalue weighted by atomic mass is 16.5. The molecule has 0 aliphatic carbocycles. The summed E-state index contributed by atoms with van der Waals surface area (Å²) in [6.45, 7) is 6.14. The Labute approximate surface area is 180 Å². The van der Waals surface area contributed by atoms with Crippen LogP contribution in [0.15, 0.2) is 52.7 Å². The number of Topliss-reactive ketones (excluding diaryl/α,β-unsaturated/α-hetero) is 1. The van der Waals surface area contributed by atoms with Crippen LogP contribution in [0.3, 0.4) is 0 Å². The average Bonchev–Trinajstić information content (AvgIpc) is 3.40. The lowest BCUT2D eigenvalue weighted by atomic mass is 9.99. The van der Waals surface area contributed by atoms with E-state index in [2.05, 4.69) is 4.90 Å². The number of morpholine rings is 1. The summed E-state index contributed by atoms with van der Waals surface area (Å²) < 4.78 is 16.4. The largest absolute Gasteiger partial charge is 0.507 e. The molecule has 1 unspecified atom stereocenters. The van der Waals surface area contributed by atoms with E-state index in [1.54, 1.807) is 36.4 Å². The van der Waals surface area contributed by atoms with Gasteiger partial charge in [-0.15, -0.1) is 0 Å². The number of furan rings is 1. The molecule has 0 spiro atoms. The second-order valence-electron chi connectivity index (χ2n) is 7.42. The Kier molecular flexibility index (Phi) is 6.39. The first-order valence-corrected chi connectivity index (χ1v) is 10.4. The summed E-state index contributed by atoms with van der Waals surface area (Å²) in [4.78, 5) is 29.6. The van der Waals surface area contributed by atoms with E-state index in [4.69, 9.17) is 13.9 Å². The molecule has 4 rings (SSSR count). The zero-order chi connectivity index (χ0) is 21.8. The Morgan fingerprint density at radius 1 is 1.16 bits per heavy atom. The van der Waals surface area contributed by atoms with E-state index in [0.29, 0.717) is 50.0 Å². The topological polar surface area (TPSA) is 92.5 Å². The molecule has 1 atom stereocenters. The van der Waals surface area contributed by atoms with Gasteiger partial charge in [-0.05, 0) is 31.2 Å². The van der Waals surface area contributed by atoms with Gasteiger partial charge in [0.05, 0.1) is 31.7 Å². The van der Waals surface area contributed by atoms with Crippen molar-refractivity contribution in [1.29, 1.82) is 0 Å². The molecular weight excluding hydrogens is 400 g/mol. The molecule has 8 heteroatoms. The van der Waals surface area contributed by atoms with E-state index in [-0.39, 0.29) is 11.3 Å². The van der Waals surface area contributed by atoms with E-state index in [1.165, 1.54) is 11.2 Å². The third kappa shape index (κ3) is 4.35. The summed E-state index contributed by atoms with van der Waals surface area (Å²) in [6, 6.07) is 9.46. The van der Waals surface area contributed by atoms with Gasteiger partial charge in [0.2, 0.25) is 0 Å². The van der Waals surface area contributed by atoms with Gasteiger partial charge in [0.15, 0.2) is 0 Å². The average molecular weight is 426 g/mol. The van der Waals surface area contributed by atoms with Crippen molar-refractivity contribution in [3.63, 3.8) is 0 Å². The predicted molar refractivity (Wildman–Crippen MR) is 113 cm³/mol. The van der Waals surface area contributed by atoms with Gasteiger partial charge in [0.25, 0.3) is 11.7 Å². The van der Waals surface area contributed by atoms with E-state index in [0.717, 1.165) is 13.1 Å². The number of amides is 1. The number of hydrogen-bond donors (Lipinski definition) is 1. The van der Waals surface area contributed by atoms with E-state index in [1.807, 2.05) is 6.92 Å². The number of aliphatic hydroxyl groups excluding tert-OH is 1. The van der Waals surface area contributed by atoms with Crippen molar-refractivity contribution in [2.75, 3.05) is 46.0 Å². The second kappa shape index (κ2) is 9.36. The van der Waals surface area contributed by atoms with E-state index in [9.17, 15) is 14.7 Å². The quantitative estimate of drug-likeness (QED) is 0.413. The van der Waals surface area contributed by atoms with Crippen LogP contribution >= 0.6 is 0 Å². The van der Waals surface area contributed by atoms with Gasteiger partial charge in [-0.2, -0.15) is 0 Å². The van der Waals surface area contributed by atoms with Crippen molar-refractivity contribution in [1.82, 2.24) is 9.80 Å². The van der Waals surface area contributed by atoms with Crippen LogP contribution in [0.25, 0.3) is 5.76 Å². The van der Waals surface area contributed by atoms with Crippen molar-refractivity contribution >= 4 is 17.4 Å². The number of nitrogens with zero attached hydrogens (tertiary/aromatic N) is 2. The highest BCUT2D eigenvalue weighted by molar-refractivity contribution is 6.46. The minimum Gasteiger partial charge on any atom is -0.507 e. The van der Waals surface area contributed by atoms with Crippen LogP contribution in [0.2, 0.25) is 0 Å². The van der Waals surface area contributed by atoms with Crippen molar-refractivity contribution < 1.29 is 28.6 Å². The number of carbonyl (C=O) groups is 2. The standard InChI is InChI=1S/C23H26N2O6/c1-2-30-17-6-3-5-16(15-17)21(26)19-20(18-7-4-12-31-18)25(23(28)22(19)27)9-8-24-10-13-29-14-11-24/h3-7,12,15,20,26H,2,8-11,13-14H2,1H3/b21-19+. The van der Waals surface area contributed by atoms with Crippen LogP contribution < -0.4 is 4.74 Å². The molecule has 0 bridgehead atoms. The molecule has 164 valence electrons. The molecule has 31 heavy (non-hydrogen) atoms. The predicted octanol–water partition coefficient (Wildman–Crippen LogP) is 2.43. The van der Waals surface area contributed by atoms with Crippen LogP contribution in [-0.2, 0) is 14.3 Å². The van der Waals surface area contributed by atoms with E-state index < -0.39 is 17.7 Å². The molecule has 2 aromatic rings. The number of aliphatic hydroxyl groups is 1. The molecule has 1 N–H and O–H groups in total.